The molecule has 0 bridgehead atoms. The van der Waals surface area contributed by atoms with Gasteiger partial charge >= 0.3 is 19.1 Å². The van der Waals surface area contributed by atoms with Crippen molar-refractivity contribution in [1.82, 2.24) is 39.3 Å². The highest BCUT2D eigenvalue weighted by Gasteiger charge is 2.50. The maximum atomic E-state index is 13.0. The molecular weight excluding hydrogens is 1740 g/mol. The molecule has 3 saturated heterocycles. The third kappa shape index (κ3) is 26.9. The molecule has 6 aliphatic rings. The lowest BCUT2D eigenvalue weighted by atomic mass is 9.89. The highest BCUT2D eigenvalue weighted by Crippen LogP contribution is 2.37. The number of hydrogen-bond donors (Lipinski definition) is 8. The van der Waals surface area contributed by atoms with Gasteiger partial charge < -0.3 is 45.7 Å². The van der Waals surface area contributed by atoms with Crippen molar-refractivity contribution in [3.63, 3.8) is 0 Å². The number of alkyl halides is 10. The second-order valence-electron chi connectivity index (χ2n) is 25.5. The summed E-state index contributed by atoms with van der Waals surface area (Å²) < 4.78 is 249. The SMILES string of the molecule is C=CS(=O)(=O)N1CCC2(CC1)N=C(c1cccc(OC(F)(F)F)c1)NC2=O.Cc1cc(S(=O)(=O)NCCCO)ccc1/C=C/S(=O)(=O)N1CCC2(CC1)N=C(c1cccc(OC(F)(F)F)c1)NC2=O.Cc1cc(S(=O)(=O)NCCCO)ccc1Br.O=C1NC(c2cccc(OC(F)(F)F)c2)=NC12CCNCC2.O=S(=O)(Cl)CCCl. The van der Waals surface area contributed by atoms with E-state index >= 15 is 0 Å². The number of aliphatic hydroxyl groups excluding tert-OH is 2. The molecule has 0 radical (unpaired) electrons. The molecule has 3 amide bonds. The average molecular weight is 1820 g/mol. The molecule has 8 N–H and O–H groups in total. The van der Waals surface area contributed by atoms with Crippen LogP contribution in [0.25, 0.3) is 6.08 Å². The third-order valence-electron chi connectivity index (χ3n) is 17.4. The molecule has 0 saturated carbocycles. The lowest BCUT2D eigenvalue weighted by molar-refractivity contribution is -0.275. The fourth-order valence-electron chi connectivity index (χ4n) is 11.5. The topological polar surface area (TPSA) is 406 Å². The highest BCUT2D eigenvalue weighted by molar-refractivity contribution is 9.10. The van der Waals surface area contributed by atoms with E-state index in [9.17, 15) is 96.0 Å². The zero-order valence-electron chi connectivity index (χ0n) is 60.2. The van der Waals surface area contributed by atoms with Crippen LogP contribution >= 0.6 is 38.2 Å². The van der Waals surface area contributed by atoms with Crippen LogP contribution in [0.3, 0.4) is 0 Å². The Morgan fingerprint density at radius 2 is 0.904 bits per heavy atom. The first-order chi connectivity index (χ1) is 53.1. The second-order valence-corrected chi connectivity index (χ2v) is 36.8. The summed E-state index contributed by atoms with van der Waals surface area (Å²) in [5, 5.41) is 30.3. The minimum Gasteiger partial charge on any atom is -0.406 e. The van der Waals surface area contributed by atoms with E-state index in [-0.39, 0.29) is 140 Å². The van der Waals surface area contributed by atoms with Crippen molar-refractivity contribution < 1.29 is 120 Å². The molecule has 114 heavy (non-hydrogen) atoms. The number of benzene rings is 5. The maximum Gasteiger partial charge on any atom is 0.573 e. The molecule has 0 atom stereocenters. The summed E-state index contributed by atoms with van der Waals surface area (Å²) in [5.74, 6) is -1.90. The molecule has 5 aromatic rings. The number of amidine groups is 3. The number of carbonyl (C=O) groups excluding carboxylic acids is 3. The number of sulfonamides is 4. The lowest BCUT2D eigenvalue weighted by Crippen LogP contribution is -2.50. The van der Waals surface area contributed by atoms with Crippen LogP contribution in [0.2, 0.25) is 0 Å². The smallest absolute Gasteiger partial charge is 0.406 e. The van der Waals surface area contributed by atoms with E-state index in [2.05, 4.69) is 82.4 Å². The van der Waals surface area contributed by atoms with Crippen molar-refractivity contribution in [1.29, 1.82) is 0 Å². The number of hydrogen-bond acceptors (Lipinski definition) is 22. The molecule has 0 aliphatic carbocycles. The maximum absolute atomic E-state index is 13.0. The standard InChI is InChI=1S/C26H29F3N4O7S2.C16H16F3N3O4S.C14H14F3N3O2.C10H14BrNO3S.C2H4Cl2O2S/c1-18-16-22(42(38,39)30-11-3-14-34)7-6-19(18)8-15-41(36,37)33-12-9-25(10-13-33)24(35)31-23(32-25)20-4-2-5-21(17-20)40-26(27,28)29;1-2-27(24,25)22-8-6-15(7-9-22)14(23)20-13(21-15)11-4-3-5-12(10-11)26-16(17,18)19;15-14(16,17)22-10-3-1-2-9(8-10)11-19-12(21)13(20-11)4-6-18-7-5-13;1-8-7-9(3-4-10(8)11)16(14,15)12-5-2-6-13;3-1-2-7(4,5)6/h2,4-8,15-17,30,34H,3,9-14H2,1H3,(H,31,32,35);2-5,10H,1,6-9H2,(H,20,21,23);1-3,8,18H,4-7H2,(H,19,20,21);3-4,7,12-13H,2,5-6H2,1H3;1-2H2/b15-8+;;;;. The molecule has 6 heterocycles. The fourth-order valence-corrected chi connectivity index (χ4v) is 17.4. The number of amides is 3. The molecule has 0 aromatic heterocycles. The van der Waals surface area contributed by atoms with Crippen LogP contribution < -0.4 is 44.9 Å². The summed E-state index contributed by atoms with van der Waals surface area (Å²) in [6.45, 7) is 8.38. The minimum atomic E-state index is -4.88. The summed E-state index contributed by atoms with van der Waals surface area (Å²) in [4.78, 5) is 51.0. The predicted molar refractivity (Wildman–Crippen MR) is 407 cm³/mol. The third-order valence-corrected chi connectivity index (χ3v) is 25.9. The number of ether oxygens (including phenoxy) is 3. The fraction of sp³-hybridized carbons (Fsp3) is 0.412. The van der Waals surface area contributed by atoms with E-state index in [1.54, 1.807) is 31.2 Å². The van der Waals surface area contributed by atoms with Crippen LogP contribution in [0.4, 0.5) is 39.5 Å². The van der Waals surface area contributed by atoms with Gasteiger partial charge in [0, 0.05) is 101 Å². The zero-order chi connectivity index (χ0) is 84.5. The molecule has 3 fully saturated rings. The van der Waals surface area contributed by atoms with Gasteiger partial charge in [0.05, 0.1) is 15.5 Å². The van der Waals surface area contributed by atoms with Crippen LogP contribution in [0.5, 0.6) is 17.2 Å². The van der Waals surface area contributed by atoms with Crippen LogP contribution in [0, 0.1) is 13.8 Å². The van der Waals surface area contributed by atoms with Crippen molar-refractivity contribution in [3.05, 3.63) is 164 Å². The number of aryl methyl sites for hydroxylation is 2. The normalized spacial score (nSPS) is 17.8. The van der Waals surface area contributed by atoms with Crippen molar-refractivity contribution >= 4 is 129 Å². The van der Waals surface area contributed by atoms with Gasteiger partial charge in [-0.15, -0.1) is 51.1 Å². The first-order valence-electron chi connectivity index (χ1n) is 34.0. The Balaban J connectivity index is 0.000000216. The van der Waals surface area contributed by atoms with Crippen molar-refractivity contribution in [2.24, 2.45) is 15.0 Å². The van der Waals surface area contributed by atoms with Crippen molar-refractivity contribution in [2.75, 3.05) is 77.2 Å². The Bertz CT molecular complexity index is 5050. The van der Waals surface area contributed by atoms with Gasteiger partial charge in [-0.25, -0.2) is 51.5 Å². The van der Waals surface area contributed by atoms with E-state index in [4.69, 9.17) is 32.5 Å². The van der Waals surface area contributed by atoms with E-state index in [0.717, 1.165) is 45.1 Å². The van der Waals surface area contributed by atoms with Crippen LogP contribution in [-0.4, -0.2) is 209 Å². The Morgan fingerprint density at radius 1 is 0.544 bits per heavy atom. The van der Waals surface area contributed by atoms with Gasteiger partial charge in [0.15, 0.2) is 0 Å². The zero-order valence-corrected chi connectivity index (χ0v) is 67.4. The lowest BCUT2D eigenvalue weighted by Gasteiger charge is -2.34. The quantitative estimate of drug-likeness (QED) is 0.0134. The number of halogens is 12. The molecule has 11 rings (SSSR count). The molecular formula is C68H77BrCl2F9N11O18S5. The van der Waals surface area contributed by atoms with Gasteiger partial charge in [0.2, 0.25) is 49.1 Å². The summed E-state index contributed by atoms with van der Waals surface area (Å²) in [6, 6.07) is 24.7. The Hall–Kier alpha value is -7.70. The van der Waals surface area contributed by atoms with E-state index in [0.29, 0.717) is 54.9 Å². The Labute approximate surface area is 668 Å². The Kier molecular flexibility index (Phi) is 32.0. The van der Waals surface area contributed by atoms with E-state index in [1.165, 1.54) is 75.4 Å². The summed E-state index contributed by atoms with van der Waals surface area (Å²) in [5.41, 5.74) is -0.436. The van der Waals surface area contributed by atoms with Gasteiger partial charge in [-0.2, -0.15) is 8.61 Å². The van der Waals surface area contributed by atoms with Gasteiger partial charge in [-0.3, -0.25) is 29.4 Å². The van der Waals surface area contributed by atoms with Gasteiger partial charge in [0.25, 0.3) is 17.7 Å². The minimum absolute atomic E-state index is 0.00800. The molecule has 5 aromatic carbocycles. The van der Waals surface area contributed by atoms with Crippen LogP contribution in [0.15, 0.2) is 156 Å². The first-order valence-corrected chi connectivity index (χ1v) is 43.8. The van der Waals surface area contributed by atoms with Crippen LogP contribution in [-0.2, 0) is 63.5 Å². The van der Waals surface area contributed by atoms with Crippen LogP contribution in [0.1, 0.15) is 84.7 Å². The van der Waals surface area contributed by atoms with Gasteiger partial charge in [0.1, 0.15) is 51.4 Å². The molecule has 46 heteroatoms. The number of piperidine rings is 3. The molecule has 29 nitrogen and oxygen atoms in total. The summed E-state index contributed by atoms with van der Waals surface area (Å²) in [6.07, 6.45) is -10.8. The highest BCUT2D eigenvalue weighted by atomic mass is 79.9. The number of nitrogens with one attached hydrogen (secondary N) is 6. The Morgan fingerprint density at radius 3 is 1.23 bits per heavy atom. The second kappa shape index (κ2) is 39.0. The van der Waals surface area contributed by atoms with Gasteiger partial charge in [-0.1, -0.05) is 65.0 Å². The molecule has 0 unspecified atom stereocenters. The first kappa shape index (κ1) is 93.5. The largest absolute Gasteiger partial charge is 0.573 e. The van der Waals surface area contributed by atoms with Gasteiger partial charge in [-0.05, 0) is 168 Å². The number of carbonyl (C=O) groups is 3. The summed E-state index contributed by atoms with van der Waals surface area (Å²) in [7, 11) is -13.3. The molecule has 3 spiro atoms. The molecule has 626 valence electrons. The van der Waals surface area contributed by atoms with Crippen molar-refractivity contribution in [3.8, 4) is 17.2 Å². The van der Waals surface area contributed by atoms with Crippen molar-refractivity contribution in [2.45, 2.75) is 111 Å². The molecule has 6 aliphatic heterocycles. The van der Waals surface area contributed by atoms with E-state index in [1.807, 2.05) is 6.92 Å². The summed E-state index contributed by atoms with van der Waals surface area (Å²) >= 11 is 8.33. The number of aliphatic imine (C=N–C) groups is 3. The number of nitrogens with zero attached hydrogens (tertiary/aromatic N) is 5. The van der Waals surface area contributed by atoms with E-state index < -0.39 is 108 Å². The monoisotopic (exact) mass is 1820 g/mol. The number of rotatable bonds is 23. The number of aliphatic hydroxyl groups is 2. The predicted octanol–water partition coefficient (Wildman–Crippen LogP) is 7.83. The average Bonchev–Trinajstić information content (AvgIpc) is 1.58.